The van der Waals surface area contributed by atoms with Gasteiger partial charge in [0, 0.05) is 0 Å². The Morgan fingerprint density at radius 2 is 1.82 bits per heavy atom. The predicted octanol–water partition coefficient (Wildman–Crippen LogP) is 5.44. The molecular formula is C18H16Cl2N2. The predicted molar refractivity (Wildman–Crippen MR) is 92.0 cm³/mol. The van der Waals surface area contributed by atoms with Gasteiger partial charge in [-0.1, -0.05) is 29.3 Å². The summed E-state index contributed by atoms with van der Waals surface area (Å²) in [6.45, 7) is 2.16. The number of nitrogens with zero attached hydrogens (tertiary/aromatic N) is 2. The van der Waals surface area contributed by atoms with Gasteiger partial charge in [0.25, 0.3) is 0 Å². The van der Waals surface area contributed by atoms with E-state index < -0.39 is 0 Å². The maximum Gasteiger partial charge on any atom is 0.0964 e. The summed E-state index contributed by atoms with van der Waals surface area (Å²) < 4.78 is 2.22. The van der Waals surface area contributed by atoms with Crippen molar-refractivity contribution in [3.63, 3.8) is 0 Å². The third-order valence-electron chi connectivity index (χ3n) is 4.63. The van der Waals surface area contributed by atoms with Gasteiger partial charge in [0.1, 0.15) is 0 Å². The van der Waals surface area contributed by atoms with Gasteiger partial charge in [0.15, 0.2) is 0 Å². The second-order valence-electron chi connectivity index (χ2n) is 5.96. The quantitative estimate of drug-likeness (QED) is 0.611. The van der Waals surface area contributed by atoms with E-state index in [1.165, 1.54) is 35.9 Å². The second kappa shape index (κ2) is 5.29. The van der Waals surface area contributed by atoms with Crippen molar-refractivity contribution < 1.29 is 0 Å². The second-order valence-corrected chi connectivity index (χ2v) is 6.78. The van der Waals surface area contributed by atoms with Gasteiger partial charge in [-0.2, -0.15) is 0 Å². The summed E-state index contributed by atoms with van der Waals surface area (Å²) in [7, 11) is 0. The number of hydrogen-bond donors (Lipinski definition) is 0. The van der Waals surface area contributed by atoms with Crippen molar-refractivity contribution >= 4 is 34.2 Å². The van der Waals surface area contributed by atoms with Gasteiger partial charge in [-0.15, -0.1) is 0 Å². The average molecular weight is 331 g/mol. The first-order valence-corrected chi connectivity index (χ1v) is 8.32. The Balaban J connectivity index is 1.81. The number of rotatable bonds is 2. The lowest BCUT2D eigenvalue weighted by Gasteiger charge is -2.16. The molecule has 0 fully saturated rings. The largest absolute Gasteiger partial charge is 0.323 e. The minimum Gasteiger partial charge on any atom is -0.323 e. The zero-order valence-corrected chi connectivity index (χ0v) is 13.8. The van der Waals surface area contributed by atoms with E-state index in [0.29, 0.717) is 10.0 Å². The molecule has 4 rings (SSSR count). The fourth-order valence-electron chi connectivity index (χ4n) is 3.34. The maximum atomic E-state index is 6.16. The molecule has 0 N–H and O–H groups in total. The first kappa shape index (κ1) is 14.1. The summed E-state index contributed by atoms with van der Waals surface area (Å²) in [5.41, 5.74) is 6.33. The van der Waals surface area contributed by atoms with E-state index in [9.17, 15) is 0 Å². The van der Waals surface area contributed by atoms with E-state index in [-0.39, 0.29) is 6.04 Å². The van der Waals surface area contributed by atoms with Crippen LogP contribution in [0.4, 0.5) is 0 Å². The van der Waals surface area contributed by atoms with E-state index >= 15 is 0 Å². The Hall–Kier alpha value is -1.51. The van der Waals surface area contributed by atoms with Crippen molar-refractivity contribution in [2.45, 2.75) is 32.2 Å². The van der Waals surface area contributed by atoms with Crippen molar-refractivity contribution in [1.82, 2.24) is 9.55 Å². The van der Waals surface area contributed by atoms with E-state index in [2.05, 4.69) is 28.6 Å². The smallest absolute Gasteiger partial charge is 0.0964 e. The first-order valence-electron chi connectivity index (χ1n) is 7.57. The molecular weight excluding hydrogens is 315 g/mol. The van der Waals surface area contributed by atoms with Crippen molar-refractivity contribution in [1.29, 1.82) is 0 Å². The van der Waals surface area contributed by atoms with Crippen LogP contribution in [0.2, 0.25) is 10.0 Å². The molecule has 1 heterocycles. The van der Waals surface area contributed by atoms with Crippen molar-refractivity contribution in [2.24, 2.45) is 0 Å². The molecule has 0 unspecified atom stereocenters. The van der Waals surface area contributed by atoms with Crippen LogP contribution in [-0.2, 0) is 12.8 Å². The summed E-state index contributed by atoms with van der Waals surface area (Å²) in [4.78, 5) is 4.59. The van der Waals surface area contributed by atoms with Gasteiger partial charge >= 0.3 is 0 Å². The molecule has 3 aromatic rings. The van der Waals surface area contributed by atoms with Gasteiger partial charge in [0.2, 0.25) is 0 Å². The van der Waals surface area contributed by atoms with Crippen molar-refractivity contribution in [3.8, 4) is 0 Å². The van der Waals surface area contributed by atoms with Crippen LogP contribution in [0.3, 0.4) is 0 Å². The molecule has 2 nitrogen and oxygen atoms in total. The van der Waals surface area contributed by atoms with Gasteiger partial charge < -0.3 is 4.57 Å². The summed E-state index contributed by atoms with van der Waals surface area (Å²) in [6, 6.07) is 10.5. The monoisotopic (exact) mass is 330 g/mol. The minimum absolute atomic E-state index is 0.166. The highest BCUT2D eigenvalue weighted by Crippen LogP contribution is 2.31. The topological polar surface area (TPSA) is 17.8 Å². The fraction of sp³-hybridized carbons (Fsp3) is 0.278. The van der Waals surface area contributed by atoms with Gasteiger partial charge in [-0.05, 0) is 67.1 Å². The Morgan fingerprint density at radius 1 is 1.05 bits per heavy atom. The SMILES string of the molecule is C[C@H](c1ccc(Cl)c(Cl)c1)n1cnc2cc3c(cc21)CCC3. The third kappa shape index (κ3) is 2.22. The lowest BCUT2D eigenvalue weighted by molar-refractivity contribution is 0.657. The minimum atomic E-state index is 0.166. The van der Waals surface area contributed by atoms with E-state index in [1.807, 2.05) is 24.5 Å². The lowest BCUT2D eigenvalue weighted by atomic mass is 10.1. The van der Waals surface area contributed by atoms with E-state index in [1.54, 1.807) is 0 Å². The molecule has 0 saturated heterocycles. The van der Waals surface area contributed by atoms with Crippen LogP contribution >= 0.6 is 23.2 Å². The Bertz CT molecular complexity index is 867. The van der Waals surface area contributed by atoms with Gasteiger partial charge in [-0.25, -0.2) is 4.98 Å². The summed E-state index contributed by atoms with van der Waals surface area (Å²) >= 11 is 12.2. The number of aryl methyl sites for hydroxylation is 2. The molecule has 0 spiro atoms. The first-order chi connectivity index (χ1) is 10.6. The fourth-order valence-corrected chi connectivity index (χ4v) is 3.64. The molecule has 0 bridgehead atoms. The van der Waals surface area contributed by atoms with Crippen LogP contribution in [0, 0.1) is 0 Å². The Morgan fingerprint density at radius 3 is 2.59 bits per heavy atom. The highest BCUT2D eigenvalue weighted by atomic mass is 35.5. The summed E-state index contributed by atoms with van der Waals surface area (Å²) in [5.74, 6) is 0. The molecule has 0 aliphatic heterocycles. The molecule has 0 radical (unpaired) electrons. The van der Waals surface area contributed by atoms with E-state index in [4.69, 9.17) is 23.2 Å². The molecule has 4 heteroatoms. The van der Waals surface area contributed by atoms with Gasteiger partial charge in [-0.3, -0.25) is 0 Å². The number of aromatic nitrogens is 2. The van der Waals surface area contributed by atoms with E-state index in [0.717, 1.165) is 11.1 Å². The molecule has 22 heavy (non-hydrogen) atoms. The highest BCUT2D eigenvalue weighted by Gasteiger charge is 2.17. The molecule has 1 aliphatic rings. The van der Waals surface area contributed by atoms with Gasteiger partial charge in [0.05, 0.1) is 33.4 Å². The average Bonchev–Trinajstić information content (AvgIpc) is 3.12. The van der Waals surface area contributed by atoms with Crippen LogP contribution < -0.4 is 0 Å². The number of imidazole rings is 1. The Kier molecular flexibility index (Phi) is 3.39. The zero-order valence-electron chi connectivity index (χ0n) is 12.3. The lowest BCUT2D eigenvalue weighted by Crippen LogP contribution is -2.05. The molecule has 1 aliphatic carbocycles. The molecule has 1 atom stereocenters. The number of fused-ring (bicyclic) bond motifs is 2. The number of halogens is 2. The molecule has 1 aromatic heterocycles. The molecule has 2 aromatic carbocycles. The highest BCUT2D eigenvalue weighted by molar-refractivity contribution is 6.42. The van der Waals surface area contributed by atoms with Crippen LogP contribution in [0.1, 0.15) is 36.1 Å². The normalized spacial score (nSPS) is 15.2. The van der Waals surface area contributed by atoms with Crippen molar-refractivity contribution in [3.05, 3.63) is 63.4 Å². The van der Waals surface area contributed by atoms with Crippen LogP contribution in [0.15, 0.2) is 36.7 Å². The standard InChI is InChI=1S/C18H16Cl2N2/c1-11(12-5-6-15(19)16(20)7-12)22-10-21-17-8-13-3-2-4-14(13)9-18(17)22/h5-11H,2-4H2,1H3/t11-/m1/s1. The maximum absolute atomic E-state index is 6.16. The Labute approximate surface area is 139 Å². The summed E-state index contributed by atoms with van der Waals surface area (Å²) in [5, 5.41) is 1.18. The van der Waals surface area contributed by atoms with Crippen LogP contribution in [-0.4, -0.2) is 9.55 Å². The summed E-state index contributed by atoms with van der Waals surface area (Å²) in [6.07, 6.45) is 5.54. The van der Waals surface area contributed by atoms with Crippen LogP contribution in [0.25, 0.3) is 11.0 Å². The van der Waals surface area contributed by atoms with Crippen LogP contribution in [0.5, 0.6) is 0 Å². The zero-order chi connectivity index (χ0) is 15.3. The van der Waals surface area contributed by atoms with Crippen molar-refractivity contribution in [2.75, 3.05) is 0 Å². The molecule has 112 valence electrons. The number of benzene rings is 2. The molecule has 0 saturated carbocycles. The number of hydrogen-bond acceptors (Lipinski definition) is 1. The third-order valence-corrected chi connectivity index (χ3v) is 5.37. The molecule has 0 amide bonds.